The first-order valence-corrected chi connectivity index (χ1v) is 3.43. The third-order valence-corrected chi connectivity index (χ3v) is 1.80. The van der Waals surface area contributed by atoms with E-state index < -0.39 is 12.3 Å². The van der Waals surface area contributed by atoms with Crippen molar-refractivity contribution >= 4 is 6.03 Å². The van der Waals surface area contributed by atoms with Gasteiger partial charge in [0.15, 0.2) is 0 Å². The largest absolute Gasteiger partial charge is 1.00 e. The van der Waals surface area contributed by atoms with Crippen molar-refractivity contribution in [3.63, 3.8) is 0 Å². The zero-order valence-corrected chi connectivity index (χ0v) is 7.95. The summed E-state index contributed by atoms with van der Waals surface area (Å²) in [4.78, 5) is 10.8. The van der Waals surface area contributed by atoms with E-state index in [0.717, 1.165) is 0 Å². The van der Waals surface area contributed by atoms with Gasteiger partial charge in [-0.15, -0.1) is 0 Å². The summed E-state index contributed by atoms with van der Waals surface area (Å²) >= 11 is 0. The van der Waals surface area contributed by atoms with Gasteiger partial charge in [0.2, 0.25) is 6.29 Å². The Morgan fingerprint density at radius 2 is 2.00 bits per heavy atom. The minimum Gasteiger partial charge on any atom is -1.00 e. The molecule has 0 aromatic rings. The van der Waals surface area contributed by atoms with Crippen molar-refractivity contribution < 1.29 is 31.9 Å². The fourth-order valence-corrected chi connectivity index (χ4v) is 0.735. The number of nitrogens with zero attached hydrogens (tertiary/aromatic N) is 1. The molecule has 0 aliphatic heterocycles. The molecular weight excluding hydrogens is 184 g/mol. The topological polar surface area (TPSA) is 83.6 Å². The van der Waals surface area contributed by atoms with Gasteiger partial charge in [0, 0.05) is 0 Å². The van der Waals surface area contributed by atoms with E-state index in [1.54, 1.807) is 14.0 Å². The molecule has 12 heavy (non-hydrogen) atoms. The highest BCUT2D eigenvalue weighted by molar-refractivity contribution is 5.64. The first kappa shape index (κ1) is 14.2. The second-order valence-corrected chi connectivity index (χ2v) is 2.71. The summed E-state index contributed by atoms with van der Waals surface area (Å²) in [7, 11) is 1.56. The van der Waals surface area contributed by atoms with E-state index in [0.29, 0.717) is 6.54 Å². The average Bonchev–Trinajstić information content (AvgIpc) is 1.86. The molecule has 74 valence electrons. The molecule has 0 aliphatic carbocycles. The lowest BCUT2D eigenvalue weighted by Crippen LogP contribution is -3.00. The summed E-state index contributed by atoms with van der Waals surface area (Å²) in [6.07, 6.45) is -1.49. The Balaban J connectivity index is 0. The lowest BCUT2D eigenvalue weighted by Gasteiger charge is -2.28. The normalized spacial score (nSPS) is 15.1. The van der Waals surface area contributed by atoms with Crippen LogP contribution in [0, 0.1) is 0 Å². The van der Waals surface area contributed by atoms with Crippen LogP contribution < -0.4 is 18.1 Å². The first-order valence-electron chi connectivity index (χ1n) is 3.43. The Bertz CT molecular complexity index is 154. The Morgan fingerprint density at radius 3 is 2.08 bits per heavy atom. The summed E-state index contributed by atoms with van der Waals surface area (Å²) in [6, 6.07) is -0.555. The SMILES string of the molecule is CC[N+](C)(CC(O)O)C(N)=O.[Cl-]. The number of aliphatic hydroxyl groups excluding tert-OH is 1. The molecule has 0 fully saturated rings. The lowest BCUT2D eigenvalue weighted by molar-refractivity contribution is -0.834. The summed E-state index contributed by atoms with van der Waals surface area (Å²) in [6.45, 7) is 2.14. The molecule has 0 aromatic carbocycles. The first-order chi connectivity index (χ1) is 4.92. The van der Waals surface area contributed by atoms with E-state index in [9.17, 15) is 4.79 Å². The number of quaternary nitrogens is 1. The van der Waals surface area contributed by atoms with Crippen molar-refractivity contribution in [2.75, 3.05) is 20.1 Å². The maximum absolute atomic E-state index is 10.8. The number of carbonyl (C=O) groups is 1. The van der Waals surface area contributed by atoms with Gasteiger partial charge in [-0.3, -0.25) is 0 Å². The second-order valence-electron chi connectivity index (χ2n) is 2.71. The van der Waals surface area contributed by atoms with Crippen LogP contribution in [0.5, 0.6) is 0 Å². The molecular formula is C6H15ClN2O3. The summed E-state index contributed by atoms with van der Waals surface area (Å²) < 4.78 is -0.155. The van der Waals surface area contributed by atoms with Crippen molar-refractivity contribution in [3.05, 3.63) is 0 Å². The number of aliphatic hydroxyl groups is 2. The highest BCUT2D eigenvalue weighted by Crippen LogP contribution is 2.01. The molecule has 1 unspecified atom stereocenters. The number of hydrogen-bond donors (Lipinski definition) is 3. The summed E-state index contributed by atoms with van der Waals surface area (Å²) in [5.41, 5.74) is 5.04. The fraction of sp³-hybridized carbons (Fsp3) is 0.833. The van der Waals surface area contributed by atoms with Gasteiger partial charge in [0.1, 0.15) is 6.54 Å². The van der Waals surface area contributed by atoms with Gasteiger partial charge in [-0.25, -0.2) is 9.28 Å². The number of likely N-dealkylation sites (N-methyl/N-ethyl adjacent to an activating group) is 1. The Labute approximate surface area is 77.8 Å². The molecule has 6 heteroatoms. The van der Waals surface area contributed by atoms with Crippen LogP contribution in [-0.2, 0) is 0 Å². The standard InChI is InChI=1S/C6H14N2O3.ClH/c1-3-8(2,6(7)11)4-5(9)10;/h5,9-10H,3-4H2,1-2H3,(H-,7,11);1H. The van der Waals surface area contributed by atoms with E-state index in [2.05, 4.69) is 0 Å². The van der Waals surface area contributed by atoms with Gasteiger partial charge in [0.05, 0.1) is 13.6 Å². The van der Waals surface area contributed by atoms with E-state index in [1.807, 2.05) is 0 Å². The third kappa shape index (κ3) is 3.87. The minimum absolute atomic E-state index is 0. The number of carbonyl (C=O) groups excluding carboxylic acids is 1. The number of urea groups is 1. The average molecular weight is 199 g/mol. The van der Waals surface area contributed by atoms with Crippen LogP contribution in [0.15, 0.2) is 0 Å². The molecule has 1 atom stereocenters. The van der Waals surface area contributed by atoms with Crippen molar-refractivity contribution in [2.24, 2.45) is 5.73 Å². The third-order valence-electron chi connectivity index (χ3n) is 1.80. The Kier molecular flexibility index (Phi) is 6.28. The zero-order valence-electron chi connectivity index (χ0n) is 7.20. The fourth-order valence-electron chi connectivity index (χ4n) is 0.735. The number of rotatable bonds is 3. The van der Waals surface area contributed by atoms with Gasteiger partial charge < -0.3 is 28.4 Å². The number of hydrogen-bond acceptors (Lipinski definition) is 3. The molecule has 4 N–H and O–H groups in total. The van der Waals surface area contributed by atoms with E-state index in [-0.39, 0.29) is 23.4 Å². The van der Waals surface area contributed by atoms with Crippen LogP contribution in [0.25, 0.3) is 0 Å². The Morgan fingerprint density at radius 1 is 1.58 bits per heavy atom. The van der Waals surface area contributed by atoms with Gasteiger partial charge in [-0.1, -0.05) is 0 Å². The highest BCUT2D eigenvalue weighted by Gasteiger charge is 2.29. The van der Waals surface area contributed by atoms with Crippen LogP contribution in [-0.4, -0.2) is 47.2 Å². The Hall–Kier alpha value is -0.360. The molecule has 0 radical (unpaired) electrons. The van der Waals surface area contributed by atoms with Crippen LogP contribution in [0.3, 0.4) is 0 Å². The smallest absolute Gasteiger partial charge is 0.413 e. The minimum atomic E-state index is -1.49. The molecule has 0 bridgehead atoms. The summed E-state index contributed by atoms with van der Waals surface area (Å²) in [5, 5.41) is 17.2. The van der Waals surface area contributed by atoms with Crippen LogP contribution >= 0.6 is 0 Å². The van der Waals surface area contributed by atoms with Gasteiger partial charge in [-0.2, -0.15) is 0 Å². The van der Waals surface area contributed by atoms with E-state index in [4.69, 9.17) is 15.9 Å². The van der Waals surface area contributed by atoms with Crippen molar-refractivity contribution in [1.29, 1.82) is 0 Å². The predicted octanol–water partition coefficient (Wildman–Crippen LogP) is -4.15. The van der Waals surface area contributed by atoms with Crippen LogP contribution in [0.4, 0.5) is 4.79 Å². The maximum Gasteiger partial charge on any atom is 0.413 e. The van der Waals surface area contributed by atoms with Gasteiger partial charge >= 0.3 is 6.03 Å². The van der Waals surface area contributed by atoms with E-state index >= 15 is 0 Å². The van der Waals surface area contributed by atoms with Crippen LogP contribution in [0.1, 0.15) is 6.92 Å². The lowest BCUT2D eigenvalue weighted by atomic mass is 10.4. The zero-order chi connectivity index (χ0) is 9.07. The molecule has 5 nitrogen and oxygen atoms in total. The monoisotopic (exact) mass is 198 g/mol. The van der Waals surface area contributed by atoms with E-state index in [1.165, 1.54) is 0 Å². The number of amides is 2. The second kappa shape index (κ2) is 5.31. The van der Waals surface area contributed by atoms with Crippen LogP contribution in [0.2, 0.25) is 0 Å². The molecule has 0 rings (SSSR count). The molecule has 0 aliphatic rings. The van der Waals surface area contributed by atoms with Gasteiger partial charge in [-0.05, 0) is 6.92 Å². The number of halogens is 1. The van der Waals surface area contributed by atoms with Crippen molar-refractivity contribution in [3.8, 4) is 0 Å². The number of primary amides is 1. The molecule has 0 heterocycles. The van der Waals surface area contributed by atoms with Gasteiger partial charge in [0.25, 0.3) is 0 Å². The molecule has 0 spiro atoms. The highest BCUT2D eigenvalue weighted by atomic mass is 35.5. The predicted molar refractivity (Wildman–Crippen MR) is 39.4 cm³/mol. The molecule has 0 saturated heterocycles. The summed E-state index contributed by atoms with van der Waals surface area (Å²) in [5.74, 6) is 0. The van der Waals surface area contributed by atoms with Crippen molar-refractivity contribution in [1.82, 2.24) is 0 Å². The molecule has 0 aromatic heterocycles. The maximum atomic E-state index is 10.8. The number of nitrogens with two attached hydrogens (primary N) is 1. The molecule has 0 saturated carbocycles. The van der Waals surface area contributed by atoms with Crippen molar-refractivity contribution in [2.45, 2.75) is 13.2 Å². The quantitative estimate of drug-likeness (QED) is 0.318. The molecule has 2 amide bonds.